The molecule has 29 heavy (non-hydrogen) atoms. The lowest BCUT2D eigenvalue weighted by atomic mass is 9.89. The summed E-state index contributed by atoms with van der Waals surface area (Å²) in [6.45, 7) is -0.843. The minimum absolute atomic E-state index is 0.00323. The molecule has 156 valence electrons. The second-order valence-electron chi connectivity index (χ2n) is 6.87. The van der Waals surface area contributed by atoms with E-state index in [1.54, 1.807) is 0 Å². The van der Waals surface area contributed by atoms with E-state index in [9.17, 15) is 14.3 Å². The van der Waals surface area contributed by atoms with Gasteiger partial charge in [-0.25, -0.2) is 18.6 Å². The molecule has 0 aromatic carbocycles. The molecule has 0 radical (unpaired) electrons. The van der Waals surface area contributed by atoms with E-state index in [0.29, 0.717) is 11.1 Å². The van der Waals surface area contributed by atoms with Crippen molar-refractivity contribution in [3.8, 4) is 0 Å². The molecular weight excluding hydrogens is 406 g/mol. The fraction of sp³-hybridized carbons (Fsp3) is 0.421. The van der Waals surface area contributed by atoms with Crippen LogP contribution in [0.4, 0.5) is 19.4 Å². The minimum Gasteiger partial charge on any atom is -0.393 e. The van der Waals surface area contributed by atoms with Crippen LogP contribution in [-0.2, 0) is 12.3 Å². The van der Waals surface area contributed by atoms with Gasteiger partial charge in [-0.05, 0) is 12.1 Å². The lowest BCUT2D eigenvalue weighted by molar-refractivity contribution is 0.0678. The Morgan fingerprint density at radius 2 is 2.03 bits per heavy atom. The SMILES string of the molecule is O=C(Nc1ccc(CF)cn1)N1CCC(F)(c2ncc([C@H](O)CO)cc2Cl)CC1. The standard InChI is InChI=1S/C19H21ClF2N4O3/c20-14-7-13(15(28)11-27)10-24-17(14)19(22)3-5-26(6-4-19)18(29)25-16-2-1-12(8-21)9-23-16/h1-2,7,9-10,15,27-28H,3-6,8,11H2,(H,23,25,29)/t15-/m1/s1. The van der Waals surface area contributed by atoms with Crippen LogP contribution in [0.25, 0.3) is 0 Å². The van der Waals surface area contributed by atoms with Crippen molar-refractivity contribution in [2.24, 2.45) is 0 Å². The molecule has 3 heterocycles. The average molecular weight is 427 g/mol. The average Bonchev–Trinajstić information content (AvgIpc) is 2.73. The molecule has 10 heteroatoms. The number of halogens is 3. The Morgan fingerprint density at radius 1 is 1.31 bits per heavy atom. The number of piperidine rings is 1. The van der Waals surface area contributed by atoms with Crippen molar-refractivity contribution in [3.05, 3.63) is 52.4 Å². The molecule has 1 aliphatic rings. The molecule has 0 spiro atoms. The summed E-state index contributed by atoms with van der Waals surface area (Å²) in [4.78, 5) is 21.9. The number of rotatable bonds is 5. The molecule has 1 aliphatic heterocycles. The number of aromatic nitrogens is 2. The molecule has 7 nitrogen and oxygen atoms in total. The number of carbonyl (C=O) groups excluding carboxylic acids is 1. The number of likely N-dealkylation sites (tertiary alicyclic amines) is 1. The first-order valence-corrected chi connectivity index (χ1v) is 9.44. The molecule has 2 aromatic rings. The molecule has 2 amide bonds. The lowest BCUT2D eigenvalue weighted by Crippen LogP contribution is -2.45. The van der Waals surface area contributed by atoms with Crippen LogP contribution in [-0.4, -0.2) is 50.8 Å². The van der Waals surface area contributed by atoms with Gasteiger partial charge in [-0.3, -0.25) is 10.3 Å². The lowest BCUT2D eigenvalue weighted by Gasteiger charge is -2.36. The number of pyridine rings is 2. The Labute approximate surface area is 171 Å². The van der Waals surface area contributed by atoms with Crippen LogP contribution in [0.1, 0.15) is 35.8 Å². The fourth-order valence-electron chi connectivity index (χ4n) is 3.14. The normalized spacial score (nSPS) is 17.1. The number of aliphatic hydroxyl groups excluding tert-OH is 2. The number of aliphatic hydroxyl groups is 2. The van der Waals surface area contributed by atoms with Crippen molar-refractivity contribution in [2.45, 2.75) is 31.3 Å². The van der Waals surface area contributed by atoms with E-state index >= 15 is 4.39 Å². The van der Waals surface area contributed by atoms with Gasteiger partial charge in [0.15, 0.2) is 5.67 Å². The number of alkyl halides is 2. The van der Waals surface area contributed by atoms with Crippen molar-refractivity contribution in [1.29, 1.82) is 0 Å². The van der Waals surface area contributed by atoms with E-state index in [-0.39, 0.29) is 42.5 Å². The van der Waals surface area contributed by atoms with Gasteiger partial charge in [-0.2, -0.15) is 0 Å². The highest BCUT2D eigenvalue weighted by atomic mass is 35.5. The molecule has 0 saturated carbocycles. The number of anilines is 1. The largest absolute Gasteiger partial charge is 0.393 e. The molecule has 2 aromatic heterocycles. The van der Waals surface area contributed by atoms with Crippen LogP contribution in [0, 0.1) is 0 Å². The van der Waals surface area contributed by atoms with Gasteiger partial charge < -0.3 is 15.1 Å². The third-order valence-electron chi connectivity index (χ3n) is 4.90. The van der Waals surface area contributed by atoms with Gasteiger partial charge in [0.25, 0.3) is 0 Å². The summed E-state index contributed by atoms with van der Waals surface area (Å²) in [6, 6.07) is 3.99. The second-order valence-corrected chi connectivity index (χ2v) is 7.27. The zero-order chi connectivity index (χ0) is 21.0. The van der Waals surface area contributed by atoms with Crippen LogP contribution in [0.2, 0.25) is 5.02 Å². The van der Waals surface area contributed by atoms with E-state index in [4.69, 9.17) is 16.7 Å². The van der Waals surface area contributed by atoms with Gasteiger partial charge in [0.2, 0.25) is 0 Å². The summed E-state index contributed by atoms with van der Waals surface area (Å²) in [6.07, 6.45) is 1.49. The molecule has 1 fully saturated rings. The van der Waals surface area contributed by atoms with Crippen LogP contribution in [0.3, 0.4) is 0 Å². The summed E-state index contributed by atoms with van der Waals surface area (Å²) >= 11 is 6.16. The van der Waals surface area contributed by atoms with Gasteiger partial charge >= 0.3 is 6.03 Å². The Hall–Kier alpha value is -2.36. The molecule has 1 atom stereocenters. The number of urea groups is 1. The molecule has 3 N–H and O–H groups in total. The Morgan fingerprint density at radius 3 is 2.59 bits per heavy atom. The maximum atomic E-state index is 15.5. The van der Waals surface area contributed by atoms with Gasteiger partial charge in [-0.15, -0.1) is 0 Å². The maximum Gasteiger partial charge on any atom is 0.323 e. The van der Waals surface area contributed by atoms with E-state index < -0.39 is 31.1 Å². The van der Waals surface area contributed by atoms with Crippen molar-refractivity contribution < 1.29 is 23.8 Å². The fourth-order valence-corrected chi connectivity index (χ4v) is 3.48. The summed E-state index contributed by atoms with van der Waals surface area (Å²) in [5.74, 6) is 0.284. The number of hydrogen-bond donors (Lipinski definition) is 3. The van der Waals surface area contributed by atoms with Crippen molar-refractivity contribution in [2.75, 3.05) is 25.0 Å². The smallest absolute Gasteiger partial charge is 0.323 e. The van der Waals surface area contributed by atoms with E-state index in [0.717, 1.165) is 0 Å². The monoisotopic (exact) mass is 426 g/mol. The number of hydrogen-bond acceptors (Lipinski definition) is 5. The van der Waals surface area contributed by atoms with Crippen LogP contribution >= 0.6 is 11.6 Å². The number of carbonyl (C=O) groups is 1. The molecular formula is C19H21ClF2N4O3. The zero-order valence-corrected chi connectivity index (χ0v) is 16.2. The molecule has 0 aliphatic carbocycles. The molecule has 1 saturated heterocycles. The molecule has 0 bridgehead atoms. The second kappa shape index (κ2) is 8.98. The van der Waals surface area contributed by atoms with Gasteiger partial charge in [0.1, 0.15) is 18.6 Å². The third-order valence-corrected chi connectivity index (χ3v) is 5.19. The Kier molecular flexibility index (Phi) is 6.61. The van der Waals surface area contributed by atoms with Crippen LogP contribution < -0.4 is 5.32 Å². The first kappa shape index (κ1) is 21.4. The van der Waals surface area contributed by atoms with Gasteiger partial charge in [-0.1, -0.05) is 17.7 Å². The third kappa shape index (κ3) is 4.80. The quantitative estimate of drug-likeness (QED) is 0.682. The predicted octanol–water partition coefficient (Wildman–Crippen LogP) is 3.12. The van der Waals surface area contributed by atoms with Gasteiger partial charge in [0, 0.05) is 49.5 Å². The topological polar surface area (TPSA) is 98.6 Å². The Balaban J connectivity index is 1.63. The van der Waals surface area contributed by atoms with Crippen LogP contribution in [0.5, 0.6) is 0 Å². The number of nitrogens with zero attached hydrogens (tertiary/aromatic N) is 3. The summed E-state index contributed by atoms with van der Waals surface area (Å²) in [7, 11) is 0. The highest BCUT2D eigenvalue weighted by Crippen LogP contribution is 2.39. The number of amides is 2. The van der Waals surface area contributed by atoms with E-state index in [2.05, 4.69) is 15.3 Å². The predicted molar refractivity (Wildman–Crippen MR) is 103 cm³/mol. The summed E-state index contributed by atoms with van der Waals surface area (Å²) < 4.78 is 28.0. The Bertz CT molecular complexity index is 861. The minimum atomic E-state index is -1.81. The highest BCUT2D eigenvalue weighted by Gasteiger charge is 2.40. The van der Waals surface area contributed by atoms with Crippen molar-refractivity contribution in [1.82, 2.24) is 14.9 Å². The first-order valence-electron chi connectivity index (χ1n) is 9.07. The summed E-state index contributed by atoms with van der Waals surface area (Å²) in [5.41, 5.74) is -1.05. The van der Waals surface area contributed by atoms with Crippen molar-refractivity contribution in [3.63, 3.8) is 0 Å². The number of nitrogens with one attached hydrogen (secondary N) is 1. The van der Waals surface area contributed by atoms with Crippen LogP contribution in [0.15, 0.2) is 30.6 Å². The van der Waals surface area contributed by atoms with Gasteiger partial charge in [0.05, 0.1) is 17.3 Å². The summed E-state index contributed by atoms with van der Waals surface area (Å²) in [5, 5.41) is 21.3. The first-order chi connectivity index (χ1) is 13.9. The van der Waals surface area contributed by atoms with E-state index in [1.165, 1.54) is 35.5 Å². The molecule has 0 unspecified atom stereocenters. The maximum absolute atomic E-state index is 15.5. The zero-order valence-electron chi connectivity index (χ0n) is 15.5. The molecule has 3 rings (SSSR count). The highest BCUT2D eigenvalue weighted by molar-refractivity contribution is 6.31. The van der Waals surface area contributed by atoms with Crippen molar-refractivity contribution >= 4 is 23.4 Å². The van der Waals surface area contributed by atoms with E-state index in [1.807, 2.05) is 0 Å².